The van der Waals surface area contributed by atoms with Crippen molar-refractivity contribution < 1.29 is 0 Å². The lowest BCUT2D eigenvalue weighted by molar-refractivity contribution is 0.203. The van der Waals surface area contributed by atoms with Crippen molar-refractivity contribution in [1.29, 1.82) is 0 Å². The summed E-state index contributed by atoms with van der Waals surface area (Å²) in [6.07, 6.45) is 1.25. The topological polar surface area (TPSA) is 29.3 Å². The molecular formula is C12H28N2. The van der Waals surface area contributed by atoms with Gasteiger partial charge >= 0.3 is 0 Å². The minimum absolute atomic E-state index is 0.301. The van der Waals surface area contributed by atoms with Gasteiger partial charge in [-0.15, -0.1) is 0 Å². The molecule has 0 saturated carbocycles. The zero-order valence-corrected chi connectivity index (χ0v) is 10.7. The highest BCUT2D eigenvalue weighted by Gasteiger charge is 2.15. The third kappa shape index (κ3) is 5.61. The number of rotatable bonds is 6. The summed E-state index contributed by atoms with van der Waals surface area (Å²) in [6.45, 7) is 12.2. The Morgan fingerprint density at radius 1 is 1.07 bits per heavy atom. The van der Waals surface area contributed by atoms with E-state index in [0.29, 0.717) is 18.0 Å². The van der Waals surface area contributed by atoms with Crippen molar-refractivity contribution in [1.82, 2.24) is 4.90 Å². The molecule has 0 amide bonds. The van der Waals surface area contributed by atoms with Crippen molar-refractivity contribution in [2.45, 2.75) is 53.1 Å². The fourth-order valence-electron chi connectivity index (χ4n) is 1.59. The standard InChI is InChI=1S/C12H28N2/c1-9(2)7-11(5)14(6)8-12(13)10(3)4/h9-12H,7-8,13H2,1-6H3. The first-order valence-electron chi connectivity index (χ1n) is 5.80. The zero-order chi connectivity index (χ0) is 11.3. The maximum Gasteiger partial charge on any atom is 0.0191 e. The van der Waals surface area contributed by atoms with Crippen LogP contribution < -0.4 is 5.73 Å². The fourth-order valence-corrected chi connectivity index (χ4v) is 1.59. The first kappa shape index (κ1) is 13.9. The lowest BCUT2D eigenvalue weighted by Crippen LogP contribution is -2.42. The van der Waals surface area contributed by atoms with Crippen molar-refractivity contribution in [2.75, 3.05) is 13.6 Å². The lowest BCUT2D eigenvalue weighted by Gasteiger charge is -2.29. The fraction of sp³-hybridized carbons (Fsp3) is 1.00. The van der Waals surface area contributed by atoms with Crippen molar-refractivity contribution in [2.24, 2.45) is 17.6 Å². The van der Waals surface area contributed by atoms with Crippen LogP contribution >= 0.6 is 0 Å². The molecule has 14 heavy (non-hydrogen) atoms. The Balaban J connectivity index is 3.88. The van der Waals surface area contributed by atoms with Crippen LogP contribution in [0.1, 0.15) is 41.0 Å². The van der Waals surface area contributed by atoms with Crippen molar-refractivity contribution in [3.8, 4) is 0 Å². The summed E-state index contributed by atoms with van der Waals surface area (Å²) >= 11 is 0. The van der Waals surface area contributed by atoms with E-state index in [2.05, 4.69) is 46.6 Å². The third-order valence-corrected chi connectivity index (χ3v) is 2.92. The van der Waals surface area contributed by atoms with Crippen LogP contribution in [0, 0.1) is 11.8 Å². The highest BCUT2D eigenvalue weighted by atomic mass is 15.1. The molecule has 0 aromatic heterocycles. The second kappa shape index (κ2) is 6.41. The molecule has 2 atom stereocenters. The van der Waals surface area contributed by atoms with Gasteiger partial charge in [0, 0.05) is 18.6 Å². The van der Waals surface area contributed by atoms with Crippen LogP contribution in [0.4, 0.5) is 0 Å². The van der Waals surface area contributed by atoms with E-state index in [1.165, 1.54) is 6.42 Å². The predicted molar refractivity (Wildman–Crippen MR) is 64.4 cm³/mol. The second-order valence-corrected chi connectivity index (χ2v) is 5.33. The normalized spacial score (nSPS) is 16.7. The molecule has 2 N–H and O–H groups in total. The number of nitrogens with two attached hydrogens (primary N) is 1. The molecule has 0 spiro atoms. The summed E-state index contributed by atoms with van der Waals surface area (Å²) < 4.78 is 0. The quantitative estimate of drug-likeness (QED) is 0.713. The molecule has 0 rings (SSSR count). The van der Waals surface area contributed by atoms with Gasteiger partial charge in [-0.1, -0.05) is 27.7 Å². The van der Waals surface area contributed by atoms with Crippen molar-refractivity contribution in [3.05, 3.63) is 0 Å². The van der Waals surface area contributed by atoms with Gasteiger partial charge in [0.2, 0.25) is 0 Å². The van der Waals surface area contributed by atoms with Crippen LogP contribution in [-0.2, 0) is 0 Å². The second-order valence-electron chi connectivity index (χ2n) is 5.33. The SMILES string of the molecule is CC(C)CC(C)N(C)CC(N)C(C)C. The molecule has 0 heterocycles. The molecule has 2 nitrogen and oxygen atoms in total. The predicted octanol–water partition coefficient (Wildman–Crippen LogP) is 2.34. The van der Waals surface area contributed by atoms with Gasteiger partial charge in [0.25, 0.3) is 0 Å². The van der Waals surface area contributed by atoms with Gasteiger partial charge in [-0.25, -0.2) is 0 Å². The Morgan fingerprint density at radius 3 is 1.93 bits per heavy atom. The van der Waals surface area contributed by atoms with Gasteiger partial charge in [-0.2, -0.15) is 0 Å². The Kier molecular flexibility index (Phi) is 6.38. The minimum Gasteiger partial charge on any atom is -0.326 e. The van der Waals surface area contributed by atoms with Gasteiger partial charge in [-0.05, 0) is 32.2 Å². The molecule has 0 aromatic carbocycles. The van der Waals surface area contributed by atoms with E-state index in [1.807, 2.05) is 0 Å². The van der Waals surface area contributed by atoms with Crippen molar-refractivity contribution in [3.63, 3.8) is 0 Å². The van der Waals surface area contributed by atoms with E-state index < -0.39 is 0 Å². The molecule has 0 aliphatic heterocycles. The lowest BCUT2D eigenvalue weighted by atomic mass is 10.0. The molecular weight excluding hydrogens is 172 g/mol. The Hall–Kier alpha value is -0.0800. The summed E-state index contributed by atoms with van der Waals surface area (Å²) in [4.78, 5) is 2.38. The van der Waals surface area contributed by atoms with Crippen LogP contribution in [0.5, 0.6) is 0 Å². The van der Waals surface area contributed by atoms with Crippen molar-refractivity contribution >= 4 is 0 Å². The maximum atomic E-state index is 6.04. The molecule has 2 unspecified atom stereocenters. The molecule has 0 aliphatic rings. The van der Waals surface area contributed by atoms with Crippen LogP contribution in [0.25, 0.3) is 0 Å². The largest absolute Gasteiger partial charge is 0.326 e. The highest BCUT2D eigenvalue weighted by Crippen LogP contribution is 2.10. The number of likely N-dealkylation sites (N-methyl/N-ethyl adjacent to an activating group) is 1. The summed E-state index contributed by atoms with van der Waals surface area (Å²) in [5, 5.41) is 0. The zero-order valence-electron chi connectivity index (χ0n) is 10.7. The van der Waals surface area contributed by atoms with E-state index in [9.17, 15) is 0 Å². The summed E-state index contributed by atoms with van der Waals surface area (Å²) in [6, 6.07) is 0.939. The van der Waals surface area contributed by atoms with Gasteiger partial charge in [-0.3, -0.25) is 0 Å². The van der Waals surface area contributed by atoms with E-state index in [-0.39, 0.29) is 0 Å². The monoisotopic (exact) mass is 200 g/mol. The van der Waals surface area contributed by atoms with E-state index in [4.69, 9.17) is 5.73 Å². The summed E-state index contributed by atoms with van der Waals surface area (Å²) in [7, 11) is 2.18. The highest BCUT2D eigenvalue weighted by molar-refractivity contribution is 4.73. The first-order valence-corrected chi connectivity index (χ1v) is 5.80. The average Bonchev–Trinajstić information content (AvgIpc) is 2.02. The third-order valence-electron chi connectivity index (χ3n) is 2.92. The average molecular weight is 200 g/mol. The summed E-state index contributed by atoms with van der Waals surface area (Å²) in [5.74, 6) is 1.34. The van der Waals surface area contributed by atoms with Crippen LogP contribution in [-0.4, -0.2) is 30.6 Å². The molecule has 2 heteroatoms. The molecule has 0 radical (unpaired) electrons. The Bertz CT molecular complexity index is 143. The van der Waals surface area contributed by atoms with Gasteiger partial charge in [0.05, 0.1) is 0 Å². The smallest absolute Gasteiger partial charge is 0.0191 e. The molecule has 0 bridgehead atoms. The first-order chi connectivity index (χ1) is 6.34. The number of nitrogens with zero attached hydrogens (tertiary/aromatic N) is 1. The van der Waals surface area contributed by atoms with Crippen LogP contribution in [0.3, 0.4) is 0 Å². The molecule has 0 saturated heterocycles. The minimum atomic E-state index is 0.301. The van der Waals surface area contributed by atoms with Crippen LogP contribution in [0.15, 0.2) is 0 Å². The van der Waals surface area contributed by atoms with E-state index in [0.717, 1.165) is 12.5 Å². The van der Waals surface area contributed by atoms with Gasteiger partial charge in [0.1, 0.15) is 0 Å². The van der Waals surface area contributed by atoms with Gasteiger partial charge < -0.3 is 10.6 Å². The van der Waals surface area contributed by atoms with Gasteiger partial charge in [0.15, 0.2) is 0 Å². The Labute approximate surface area is 89.9 Å². The van der Waals surface area contributed by atoms with Crippen LogP contribution in [0.2, 0.25) is 0 Å². The maximum absolute atomic E-state index is 6.04. The number of hydrogen-bond acceptors (Lipinski definition) is 2. The molecule has 0 aliphatic carbocycles. The molecule has 0 fully saturated rings. The Morgan fingerprint density at radius 2 is 1.57 bits per heavy atom. The number of hydrogen-bond donors (Lipinski definition) is 1. The summed E-state index contributed by atoms with van der Waals surface area (Å²) in [5.41, 5.74) is 6.04. The van der Waals surface area contributed by atoms with E-state index in [1.54, 1.807) is 0 Å². The molecule has 0 aromatic rings. The molecule has 86 valence electrons. The van der Waals surface area contributed by atoms with E-state index >= 15 is 0 Å².